The Morgan fingerprint density at radius 3 is 2.61 bits per heavy atom. The predicted octanol–water partition coefficient (Wildman–Crippen LogP) is 4.52. The van der Waals surface area contributed by atoms with E-state index < -0.39 is 0 Å². The summed E-state index contributed by atoms with van der Waals surface area (Å²) in [5.41, 5.74) is 0.819. The van der Waals surface area contributed by atoms with Crippen molar-refractivity contribution in [3.05, 3.63) is 70.2 Å². The molecule has 2 aromatic heterocycles. The molecule has 0 bridgehead atoms. The van der Waals surface area contributed by atoms with Crippen LogP contribution in [-0.2, 0) is 17.6 Å². The lowest BCUT2D eigenvalue weighted by atomic mass is 10.1. The highest BCUT2D eigenvalue weighted by atomic mass is 32.1. The third kappa shape index (κ3) is 4.50. The molecule has 0 spiro atoms. The average Bonchev–Trinajstić information content (AvgIpc) is 3.20. The van der Waals surface area contributed by atoms with Gasteiger partial charge in [-0.2, -0.15) is 0 Å². The molecule has 3 rings (SSSR count). The summed E-state index contributed by atoms with van der Waals surface area (Å²) >= 11 is 3.50. The number of carbonyl (C=O) groups excluding carboxylic acids is 1. The first kappa shape index (κ1) is 15.9. The van der Waals surface area contributed by atoms with Crippen LogP contribution in [0.25, 0.3) is 9.75 Å². The van der Waals surface area contributed by atoms with Crippen LogP contribution in [0.4, 0.5) is 4.39 Å². The van der Waals surface area contributed by atoms with Crippen LogP contribution in [0.15, 0.2) is 53.9 Å². The van der Waals surface area contributed by atoms with E-state index in [4.69, 9.17) is 0 Å². The minimum atomic E-state index is -0.284. The van der Waals surface area contributed by atoms with Gasteiger partial charge in [0.05, 0.1) is 6.42 Å². The molecule has 0 saturated carbocycles. The molecule has 0 aliphatic heterocycles. The molecule has 0 fully saturated rings. The molecule has 1 aromatic carbocycles. The number of rotatable bonds is 6. The van der Waals surface area contributed by atoms with Gasteiger partial charge in [0.1, 0.15) is 5.82 Å². The van der Waals surface area contributed by atoms with Gasteiger partial charge in [-0.25, -0.2) is 4.39 Å². The van der Waals surface area contributed by atoms with Crippen molar-refractivity contribution in [3.8, 4) is 9.75 Å². The SMILES string of the molecule is O=C(Cc1ccc(F)cc1)NCCc1ccc(-c2cccs2)s1. The van der Waals surface area contributed by atoms with Crippen molar-refractivity contribution in [1.82, 2.24) is 5.32 Å². The standard InChI is InChI=1S/C18H16FNOS2/c19-14-5-3-13(4-6-14)12-18(21)20-10-9-15-7-8-17(23-15)16-2-1-11-22-16/h1-8,11H,9-10,12H2,(H,20,21). The highest BCUT2D eigenvalue weighted by Gasteiger charge is 2.06. The first-order chi connectivity index (χ1) is 11.2. The van der Waals surface area contributed by atoms with Gasteiger partial charge in [0.25, 0.3) is 0 Å². The highest BCUT2D eigenvalue weighted by Crippen LogP contribution is 2.31. The highest BCUT2D eigenvalue weighted by molar-refractivity contribution is 7.21. The van der Waals surface area contributed by atoms with Gasteiger partial charge in [-0.05, 0) is 47.7 Å². The van der Waals surface area contributed by atoms with E-state index in [1.54, 1.807) is 34.8 Å². The number of hydrogen-bond donors (Lipinski definition) is 1. The number of thiophene rings is 2. The monoisotopic (exact) mass is 345 g/mol. The summed E-state index contributed by atoms with van der Waals surface area (Å²) in [5, 5.41) is 4.99. The normalized spacial score (nSPS) is 10.7. The first-order valence-corrected chi connectivity index (χ1v) is 9.04. The van der Waals surface area contributed by atoms with Gasteiger partial charge in [0.15, 0.2) is 0 Å². The van der Waals surface area contributed by atoms with Gasteiger partial charge >= 0.3 is 0 Å². The minimum Gasteiger partial charge on any atom is -0.355 e. The molecule has 3 aromatic rings. The smallest absolute Gasteiger partial charge is 0.224 e. The molecule has 2 nitrogen and oxygen atoms in total. The van der Waals surface area contributed by atoms with E-state index in [1.807, 2.05) is 0 Å². The average molecular weight is 345 g/mol. The second-order valence-electron chi connectivity index (χ2n) is 5.15. The van der Waals surface area contributed by atoms with E-state index in [-0.39, 0.29) is 18.1 Å². The molecule has 0 atom stereocenters. The fraction of sp³-hybridized carbons (Fsp3) is 0.167. The van der Waals surface area contributed by atoms with Crippen molar-refractivity contribution in [2.75, 3.05) is 6.54 Å². The molecule has 0 unspecified atom stereocenters. The Morgan fingerprint density at radius 2 is 1.87 bits per heavy atom. The van der Waals surface area contributed by atoms with Gasteiger partial charge in [0.2, 0.25) is 5.91 Å². The lowest BCUT2D eigenvalue weighted by Gasteiger charge is -2.04. The maximum absolute atomic E-state index is 12.8. The van der Waals surface area contributed by atoms with E-state index in [9.17, 15) is 9.18 Å². The molecule has 118 valence electrons. The van der Waals surface area contributed by atoms with Gasteiger partial charge in [-0.15, -0.1) is 22.7 Å². The summed E-state index contributed by atoms with van der Waals surface area (Å²) in [6, 6.07) is 14.4. The van der Waals surface area contributed by atoms with Crippen molar-refractivity contribution >= 4 is 28.6 Å². The number of halogens is 1. The third-order valence-electron chi connectivity index (χ3n) is 3.40. The van der Waals surface area contributed by atoms with Crippen LogP contribution in [0.2, 0.25) is 0 Å². The molecular formula is C18H16FNOS2. The van der Waals surface area contributed by atoms with Gasteiger partial charge in [-0.1, -0.05) is 18.2 Å². The lowest BCUT2D eigenvalue weighted by molar-refractivity contribution is -0.120. The van der Waals surface area contributed by atoms with Crippen molar-refractivity contribution < 1.29 is 9.18 Å². The van der Waals surface area contributed by atoms with Crippen LogP contribution in [0.1, 0.15) is 10.4 Å². The third-order valence-corrected chi connectivity index (χ3v) is 5.61. The van der Waals surface area contributed by atoms with Crippen molar-refractivity contribution in [2.45, 2.75) is 12.8 Å². The van der Waals surface area contributed by atoms with Crippen LogP contribution in [0.3, 0.4) is 0 Å². The van der Waals surface area contributed by atoms with Crippen LogP contribution in [-0.4, -0.2) is 12.5 Å². The van der Waals surface area contributed by atoms with Crippen LogP contribution >= 0.6 is 22.7 Å². The van der Waals surface area contributed by atoms with Crippen LogP contribution in [0.5, 0.6) is 0 Å². The Labute approximate surface area is 142 Å². The largest absolute Gasteiger partial charge is 0.355 e. The Balaban J connectivity index is 1.46. The Morgan fingerprint density at radius 1 is 1.04 bits per heavy atom. The maximum Gasteiger partial charge on any atom is 0.224 e. The van der Waals surface area contributed by atoms with Crippen molar-refractivity contribution in [1.29, 1.82) is 0 Å². The molecule has 5 heteroatoms. The van der Waals surface area contributed by atoms with Crippen LogP contribution in [0, 0.1) is 5.82 Å². The molecular weight excluding hydrogens is 329 g/mol. The lowest BCUT2D eigenvalue weighted by Crippen LogP contribution is -2.27. The zero-order valence-corrected chi connectivity index (χ0v) is 14.1. The van der Waals surface area contributed by atoms with E-state index in [0.29, 0.717) is 6.54 Å². The summed E-state index contributed by atoms with van der Waals surface area (Å²) in [7, 11) is 0. The number of carbonyl (C=O) groups is 1. The molecule has 0 aliphatic rings. The van der Waals surface area contributed by atoms with E-state index >= 15 is 0 Å². The topological polar surface area (TPSA) is 29.1 Å². The number of hydrogen-bond acceptors (Lipinski definition) is 3. The zero-order valence-electron chi connectivity index (χ0n) is 12.4. The van der Waals surface area contributed by atoms with E-state index in [1.165, 1.54) is 26.8 Å². The van der Waals surface area contributed by atoms with Gasteiger partial charge in [-0.3, -0.25) is 4.79 Å². The summed E-state index contributed by atoms with van der Waals surface area (Å²) in [6.45, 7) is 0.615. The Bertz CT molecular complexity index is 763. The van der Waals surface area contributed by atoms with Crippen molar-refractivity contribution in [3.63, 3.8) is 0 Å². The summed E-state index contributed by atoms with van der Waals surface area (Å²) in [4.78, 5) is 15.7. The molecule has 2 heterocycles. The Kier molecular flexibility index (Phi) is 5.20. The molecule has 0 saturated heterocycles. The summed E-state index contributed by atoms with van der Waals surface area (Å²) in [5.74, 6) is -0.319. The fourth-order valence-corrected chi connectivity index (χ4v) is 4.08. The number of nitrogens with one attached hydrogen (secondary N) is 1. The van der Waals surface area contributed by atoms with E-state index in [0.717, 1.165) is 12.0 Å². The van der Waals surface area contributed by atoms with E-state index in [2.05, 4.69) is 35.0 Å². The Hall–Kier alpha value is -1.98. The van der Waals surface area contributed by atoms with Gasteiger partial charge in [0, 0.05) is 21.2 Å². The number of amides is 1. The summed E-state index contributed by atoms with van der Waals surface area (Å²) < 4.78 is 12.8. The maximum atomic E-state index is 12.8. The molecule has 23 heavy (non-hydrogen) atoms. The quantitative estimate of drug-likeness (QED) is 0.699. The van der Waals surface area contributed by atoms with Gasteiger partial charge < -0.3 is 5.32 Å². The molecule has 1 amide bonds. The van der Waals surface area contributed by atoms with Crippen LogP contribution < -0.4 is 5.32 Å². The fourth-order valence-electron chi connectivity index (χ4n) is 2.24. The summed E-state index contributed by atoms with van der Waals surface area (Å²) in [6.07, 6.45) is 1.11. The zero-order chi connectivity index (χ0) is 16.1. The first-order valence-electron chi connectivity index (χ1n) is 7.34. The predicted molar refractivity (Wildman–Crippen MR) is 94.4 cm³/mol. The second-order valence-corrected chi connectivity index (χ2v) is 7.26. The molecule has 1 N–H and O–H groups in total. The molecule has 0 aliphatic carbocycles. The minimum absolute atomic E-state index is 0.0355. The molecule has 0 radical (unpaired) electrons. The second kappa shape index (κ2) is 7.53. The van der Waals surface area contributed by atoms with Crippen molar-refractivity contribution in [2.24, 2.45) is 0 Å². The number of benzene rings is 1.